The number of hydrogen-bond donors (Lipinski definition) is 0. The normalized spacial score (nSPS) is 33.1. The van der Waals surface area contributed by atoms with Gasteiger partial charge in [-0.1, -0.05) is 30.3 Å². The Hall–Kier alpha value is -1.81. The van der Waals surface area contributed by atoms with Crippen molar-refractivity contribution in [1.82, 2.24) is 14.5 Å². The van der Waals surface area contributed by atoms with Crippen molar-refractivity contribution in [1.29, 1.82) is 0 Å². The molecule has 4 nitrogen and oxygen atoms in total. The fourth-order valence-electron chi connectivity index (χ4n) is 4.26. The molecule has 0 amide bonds. The first-order valence-electron chi connectivity index (χ1n) is 7.86. The molecule has 1 atom stereocenters. The maximum Gasteiger partial charge on any atom is 0.297 e. The van der Waals surface area contributed by atoms with Crippen molar-refractivity contribution in [2.75, 3.05) is 19.6 Å². The summed E-state index contributed by atoms with van der Waals surface area (Å²) >= 11 is 0. The maximum absolute atomic E-state index is 6.38. The fourth-order valence-corrected chi connectivity index (χ4v) is 4.26. The van der Waals surface area contributed by atoms with E-state index in [2.05, 4.69) is 39.9 Å². The minimum atomic E-state index is -0.00590. The molecule has 4 aliphatic heterocycles. The second-order valence-corrected chi connectivity index (χ2v) is 6.62. The van der Waals surface area contributed by atoms with Crippen LogP contribution >= 0.6 is 0 Å². The molecular formula is C17H19N3O. The van der Waals surface area contributed by atoms with Crippen molar-refractivity contribution in [2.24, 2.45) is 5.92 Å². The number of benzene rings is 1. The van der Waals surface area contributed by atoms with Crippen molar-refractivity contribution in [3.63, 3.8) is 0 Å². The summed E-state index contributed by atoms with van der Waals surface area (Å²) in [6, 6.07) is 11.1. The first-order valence-corrected chi connectivity index (χ1v) is 7.86. The van der Waals surface area contributed by atoms with E-state index < -0.39 is 0 Å². The van der Waals surface area contributed by atoms with Gasteiger partial charge in [-0.2, -0.15) is 4.98 Å². The highest BCUT2D eigenvalue weighted by Gasteiger charge is 2.52. The summed E-state index contributed by atoms with van der Waals surface area (Å²) in [5.41, 5.74) is 2.17. The molecule has 3 saturated heterocycles. The molecular weight excluding hydrogens is 262 g/mol. The number of aromatic nitrogens is 2. The van der Waals surface area contributed by atoms with E-state index in [9.17, 15) is 0 Å². The Morgan fingerprint density at radius 3 is 2.57 bits per heavy atom. The molecule has 5 heterocycles. The Bertz CT molecular complexity index is 647. The zero-order valence-corrected chi connectivity index (χ0v) is 12.0. The van der Waals surface area contributed by atoms with Gasteiger partial charge in [0.1, 0.15) is 5.60 Å². The Kier molecular flexibility index (Phi) is 2.31. The first-order chi connectivity index (χ1) is 10.3. The molecule has 2 aromatic rings. The molecule has 0 aliphatic carbocycles. The van der Waals surface area contributed by atoms with Crippen LogP contribution in [0.4, 0.5) is 0 Å². The van der Waals surface area contributed by atoms with Gasteiger partial charge in [-0.3, -0.25) is 9.47 Å². The van der Waals surface area contributed by atoms with Gasteiger partial charge in [0.25, 0.3) is 6.01 Å². The first kappa shape index (κ1) is 11.8. The monoisotopic (exact) mass is 281 g/mol. The van der Waals surface area contributed by atoms with Gasteiger partial charge in [-0.15, -0.1) is 0 Å². The summed E-state index contributed by atoms with van der Waals surface area (Å²) < 4.78 is 8.59. The predicted molar refractivity (Wildman–Crippen MR) is 80.2 cm³/mol. The van der Waals surface area contributed by atoms with Crippen molar-refractivity contribution in [2.45, 2.75) is 25.0 Å². The zero-order valence-electron chi connectivity index (χ0n) is 12.0. The van der Waals surface area contributed by atoms with Gasteiger partial charge >= 0.3 is 0 Å². The van der Waals surface area contributed by atoms with Crippen LogP contribution < -0.4 is 4.74 Å². The molecule has 0 saturated carbocycles. The van der Waals surface area contributed by atoms with Crippen LogP contribution in [0, 0.1) is 5.92 Å². The average molecular weight is 281 g/mol. The van der Waals surface area contributed by atoms with Crippen LogP contribution in [0.15, 0.2) is 36.5 Å². The third kappa shape index (κ3) is 1.69. The minimum absolute atomic E-state index is 0.00590. The van der Waals surface area contributed by atoms with E-state index in [1.165, 1.54) is 25.9 Å². The van der Waals surface area contributed by atoms with Gasteiger partial charge in [0.05, 0.1) is 12.2 Å². The lowest BCUT2D eigenvalue weighted by Crippen LogP contribution is -2.61. The zero-order chi connectivity index (χ0) is 13.9. The van der Waals surface area contributed by atoms with Crippen molar-refractivity contribution in [3.05, 3.63) is 36.5 Å². The summed E-state index contributed by atoms with van der Waals surface area (Å²) in [5.74, 6) is 0.698. The average Bonchev–Trinajstić information content (AvgIpc) is 3.05. The Labute approximate surface area is 124 Å². The lowest BCUT2D eigenvalue weighted by Gasteiger charge is -2.50. The smallest absolute Gasteiger partial charge is 0.297 e. The molecule has 3 fully saturated rings. The lowest BCUT2D eigenvalue weighted by atomic mass is 9.75. The highest BCUT2D eigenvalue weighted by molar-refractivity contribution is 5.59. The fraction of sp³-hybridized carbons (Fsp3) is 0.471. The highest BCUT2D eigenvalue weighted by Crippen LogP contribution is 2.44. The van der Waals surface area contributed by atoms with Crippen LogP contribution in [0.25, 0.3) is 11.3 Å². The molecule has 108 valence electrons. The van der Waals surface area contributed by atoms with E-state index in [-0.39, 0.29) is 5.60 Å². The van der Waals surface area contributed by atoms with Crippen LogP contribution in [-0.2, 0) is 6.54 Å². The predicted octanol–water partition coefficient (Wildman–Crippen LogP) is 2.41. The molecule has 0 radical (unpaired) electrons. The van der Waals surface area contributed by atoms with E-state index in [1.807, 2.05) is 6.07 Å². The molecule has 1 spiro atoms. The number of piperidine rings is 3. The lowest BCUT2D eigenvalue weighted by molar-refractivity contribution is -0.0834. The molecule has 4 aliphatic rings. The topological polar surface area (TPSA) is 30.3 Å². The minimum Gasteiger partial charge on any atom is -0.454 e. The standard InChI is InChI=1S/C17H19N3O/c1-2-4-13(5-3-1)15-10-20-12-17(21-16(20)18-15)11-19-8-6-14(17)7-9-19/h1-5,10,14H,6-9,11-12H2/t17-/m0/s1. The van der Waals surface area contributed by atoms with Crippen LogP contribution in [0.2, 0.25) is 0 Å². The van der Waals surface area contributed by atoms with E-state index >= 15 is 0 Å². The van der Waals surface area contributed by atoms with Gasteiger partial charge in [0.15, 0.2) is 0 Å². The van der Waals surface area contributed by atoms with E-state index in [0.717, 1.165) is 30.4 Å². The van der Waals surface area contributed by atoms with Crippen molar-refractivity contribution in [3.8, 4) is 17.3 Å². The third-order valence-electron chi connectivity index (χ3n) is 5.36. The maximum atomic E-state index is 6.38. The number of fused-ring (bicyclic) bond motifs is 3. The molecule has 6 rings (SSSR count). The molecule has 1 aromatic heterocycles. The van der Waals surface area contributed by atoms with Crippen LogP contribution in [-0.4, -0.2) is 39.7 Å². The second kappa shape index (κ2) is 4.10. The highest BCUT2D eigenvalue weighted by atomic mass is 16.5. The molecule has 0 N–H and O–H groups in total. The number of hydrogen-bond acceptors (Lipinski definition) is 3. The molecule has 2 bridgehead atoms. The van der Waals surface area contributed by atoms with Crippen molar-refractivity contribution < 1.29 is 4.74 Å². The van der Waals surface area contributed by atoms with Gasteiger partial charge < -0.3 is 4.74 Å². The van der Waals surface area contributed by atoms with Gasteiger partial charge in [-0.05, 0) is 25.9 Å². The number of ether oxygens (including phenoxy) is 1. The summed E-state index contributed by atoms with van der Waals surface area (Å²) in [6.45, 7) is 4.52. The van der Waals surface area contributed by atoms with E-state index in [1.54, 1.807) is 0 Å². The van der Waals surface area contributed by atoms with Crippen LogP contribution in [0.1, 0.15) is 12.8 Å². The third-order valence-corrected chi connectivity index (χ3v) is 5.36. The summed E-state index contributed by atoms with van der Waals surface area (Å²) in [5, 5.41) is 0. The van der Waals surface area contributed by atoms with Crippen LogP contribution in [0.3, 0.4) is 0 Å². The van der Waals surface area contributed by atoms with Gasteiger partial charge in [0, 0.05) is 24.2 Å². The Morgan fingerprint density at radius 1 is 1.10 bits per heavy atom. The summed E-state index contributed by atoms with van der Waals surface area (Å²) in [4.78, 5) is 7.26. The number of rotatable bonds is 1. The van der Waals surface area contributed by atoms with E-state index in [0.29, 0.717) is 5.92 Å². The Balaban J connectivity index is 1.46. The van der Waals surface area contributed by atoms with Crippen molar-refractivity contribution >= 4 is 0 Å². The van der Waals surface area contributed by atoms with Gasteiger partial charge in [-0.25, -0.2) is 0 Å². The summed E-state index contributed by atoms with van der Waals surface area (Å²) in [7, 11) is 0. The molecule has 0 unspecified atom stereocenters. The number of imidazole rings is 1. The Morgan fingerprint density at radius 2 is 1.90 bits per heavy atom. The van der Waals surface area contributed by atoms with E-state index in [4.69, 9.17) is 9.72 Å². The van der Waals surface area contributed by atoms with Gasteiger partial charge in [0.2, 0.25) is 0 Å². The SMILES string of the molecule is c1ccc(-c2cn3c(n2)O[C@@]2(CN4CCC2CC4)C3)cc1. The molecule has 21 heavy (non-hydrogen) atoms. The molecule has 1 aromatic carbocycles. The molecule has 4 heteroatoms. The summed E-state index contributed by atoms with van der Waals surface area (Å²) in [6.07, 6.45) is 4.70. The quantitative estimate of drug-likeness (QED) is 0.804. The van der Waals surface area contributed by atoms with Crippen LogP contribution in [0.5, 0.6) is 6.01 Å². The second-order valence-electron chi connectivity index (χ2n) is 6.62. The largest absolute Gasteiger partial charge is 0.454 e. The number of nitrogens with zero attached hydrogens (tertiary/aromatic N) is 3.